The Bertz CT molecular complexity index is 442. The Morgan fingerprint density at radius 2 is 2.21 bits per heavy atom. The van der Waals surface area contributed by atoms with Crippen LogP contribution in [0.4, 0.5) is 4.79 Å². The molecule has 0 spiro atoms. The molecule has 0 atom stereocenters. The lowest BCUT2D eigenvalue weighted by Crippen LogP contribution is -2.44. The number of aromatic nitrogens is 1. The minimum absolute atomic E-state index is 0.188. The number of nitrogens with one attached hydrogen (secondary N) is 1. The van der Waals surface area contributed by atoms with Crippen molar-refractivity contribution < 1.29 is 19.2 Å². The van der Waals surface area contributed by atoms with Crippen molar-refractivity contribution in [1.82, 2.24) is 15.4 Å². The number of carboxylic acid groups (broad SMARTS) is 1. The first-order valence-electron chi connectivity index (χ1n) is 6.05. The zero-order valence-electron chi connectivity index (χ0n) is 11.3. The van der Waals surface area contributed by atoms with E-state index >= 15 is 0 Å². The van der Waals surface area contributed by atoms with Gasteiger partial charge in [-0.15, -0.1) is 0 Å². The summed E-state index contributed by atoms with van der Waals surface area (Å²) in [5, 5.41) is 15.1. The monoisotopic (exact) mass is 269 g/mol. The number of rotatable bonds is 6. The Morgan fingerprint density at radius 3 is 2.68 bits per heavy atom. The van der Waals surface area contributed by atoms with Gasteiger partial charge < -0.3 is 19.8 Å². The van der Waals surface area contributed by atoms with Gasteiger partial charge in [0, 0.05) is 12.6 Å². The summed E-state index contributed by atoms with van der Waals surface area (Å²) >= 11 is 0. The number of nitrogens with zero attached hydrogens (tertiary/aromatic N) is 2. The molecule has 19 heavy (non-hydrogen) atoms. The highest BCUT2D eigenvalue weighted by Gasteiger charge is 2.18. The van der Waals surface area contributed by atoms with E-state index in [0.29, 0.717) is 12.3 Å². The summed E-state index contributed by atoms with van der Waals surface area (Å²) in [4.78, 5) is 23.9. The first kappa shape index (κ1) is 15.0. The lowest BCUT2D eigenvalue weighted by molar-refractivity contribution is -0.137. The fourth-order valence-corrected chi connectivity index (χ4v) is 1.60. The first-order valence-corrected chi connectivity index (χ1v) is 6.05. The molecule has 0 fully saturated rings. The number of amides is 2. The summed E-state index contributed by atoms with van der Waals surface area (Å²) in [5.74, 6) is -0.311. The van der Waals surface area contributed by atoms with Crippen LogP contribution in [0, 0.1) is 12.8 Å². The smallest absolute Gasteiger partial charge is 0.323 e. The predicted octanol–water partition coefficient (Wildman–Crippen LogP) is 1.24. The van der Waals surface area contributed by atoms with Crippen LogP contribution in [0.3, 0.4) is 0 Å². The van der Waals surface area contributed by atoms with Gasteiger partial charge in [-0.2, -0.15) is 0 Å². The quantitative estimate of drug-likeness (QED) is 0.810. The molecular formula is C12H19N3O4. The van der Waals surface area contributed by atoms with E-state index in [2.05, 4.69) is 10.5 Å². The molecule has 0 aliphatic rings. The molecule has 0 aliphatic heterocycles. The summed E-state index contributed by atoms with van der Waals surface area (Å²) in [6.45, 7) is 5.87. The molecule has 0 saturated carbocycles. The van der Waals surface area contributed by atoms with Crippen molar-refractivity contribution in [1.29, 1.82) is 0 Å². The van der Waals surface area contributed by atoms with Crippen molar-refractivity contribution in [2.75, 3.05) is 13.1 Å². The van der Waals surface area contributed by atoms with Crippen molar-refractivity contribution in [2.45, 2.75) is 27.3 Å². The molecule has 0 saturated heterocycles. The van der Waals surface area contributed by atoms with Gasteiger partial charge >= 0.3 is 12.0 Å². The molecule has 106 valence electrons. The first-order chi connectivity index (χ1) is 8.88. The number of carbonyl (C=O) groups is 2. The zero-order valence-corrected chi connectivity index (χ0v) is 11.3. The highest BCUT2D eigenvalue weighted by molar-refractivity contribution is 5.80. The number of hydrogen-bond acceptors (Lipinski definition) is 4. The van der Waals surface area contributed by atoms with Gasteiger partial charge in [0.2, 0.25) is 0 Å². The molecule has 1 aromatic heterocycles. The van der Waals surface area contributed by atoms with Gasteiger partial charge in [-0.1, -0.05) is 19.0 Å². The molecule has 0 aliphatic carbocycles. The molecule has 7 nitrogen and oxygen atoms in total. The third-order valence-electron chi connectivity index (χ3n) is 2.29. The van der Waals surface area contributed by atoms with Crippen LogP contribution in [0.2, 0.25) is 0 Å². The molecule has 1 aromatic rings. The molecule has 7 heteroatoms. The average molecular weight is 269 g/mol. The second-order valence-corrected chi connectivity index (χ2v) is 4.76. The van der Waals surface area contributed by atoms with E-state index in [0.717, 1.165) is 5.69 Å². The number of urea groups is 1. The molecule has 0 bridgehead atoms. The Kier molecular flexibility index (Phi) is 5.35. The highest BCUT2D eigenvalue weighted by Crippen LogP contribution is 2.03. The number of aryl methyl sites for hydroxylation is 1. The van der Waals surface area contributed by atoms with Crippen LogP contribution in [0.5, 0.6) is 0 Å². The number of carboxylic acids is 1. The van der Waals surface area contributed by atoms with Crippen LogP contribution in [0.15, 0.2) is 10.6 Å². The van der Waals surface area contributed by atoms with Crippen molar-refractivity contribution in [3.63, 3.8) is 0 Å². The molecule has 0 aromatic carbocycles. The van der Waals surface area contributed by atoms with Crippen molar-refractivity contribution >= 4 is 12.0 Å². The van der Waals surface area contributed by atoms with Gasteiger partial charge in [-0.25, -0.2) is 4.79 Å². The van der Waals surface area contributed by atoms with Crippen LogP contribution < -0.4 is 5.32 Å². The molecule has 2 amide bonds. The van der Waals surface area contributed by atoms with Crippen LogP contribution in [-0.4, -0.2) is 40.3 Å². The maximum Gasteiger partial charge on any atom is 0.323 e. The average Bonchev–Trinajstić information content (AvgIpc) is 2.70. The van der Waals surface area contributed by atoms with Crippen molar-refractivity contribution in [3.8, 4) is 0 Å². The normalized spacial score (nSPS) is 10.5. The minimum Gasteiger partial charge on any atom is -0.480 e. The topological polar surface area (TPSA) is 95.7 Å². The molecule has 0 unspecified atom stereocenters. The van der Waals surface area contributed by atoms with Crippen LogP contribution in [-0.2, 0) is 11.3 Å². The van der Waals surface area contributed by atoms with E-state index in [1.807, 2.05) is 13.8 Å². The summed E-state index contributed by atoms with van der Waals surface area (Å²) in [5.41, 5.74) is 0.730. The van der Waals surface area contributed by atoms with Gasteiger partial charge in [-0.05, 0) is 12.8 Å². The Hall–Kier alpha value is -2.05. The van der Waals surface area contributed by atoms with Crippen LogP contribution >= 0.6 is 0 Å². The van der Waals surface area contributed by atoms with Crippen molar-refractivity contribution in [3.05, 3.63) is 17.5 Å². The minimum atomic E-state index is -1.04. The van der Waals surface area contributed by atoms with E-state index in [1.165, 1.54) is 4.90 Å². The van der Waals surface area contributed by atoms with Crippen molar-refractivity contribution in [2.24, 2.45) is 5.92 Å². The highest BCUT2D eigenvalue weighted by atomic mass is 16.5. The van der Waals surface area contributed by atoms with Gasteiger partial charge in [0.1, 0.15) is 6.54 Å². The van der Waals surface area contributed by atoms with Gasteiger partial charge in [0.05, 0.1) is 12.2 Å². The Labute approximate surface area is 111 Å². The fraction of sp³-hybridized carbons (Fsp3) is 0.583. The maximum atomic E-state index is 11.9. The third-order valence-corrected chi connectivity index (χ3v) is 2.29. The lowest BCUT2D eigenvalue weighted by atomic mass is 10.2. The van der Waals surface area contributed by atoms with E-state index in [1.54, 1.807) is 13.0 Å². The third kappa shape index (κ3) is 5.41. The van der Waals surface area contributed by atoms with Gasteiger partial charge in [-0.3, -0.25) is 4.79 Å². The zero-order chi connectivity index (χ0) is 14.4. The van der Waals surface area contributed by atoms with E-state index < -0.39 is 12.0 Å². The standard InChI is InChI=1S/C12H19N3O4/c1-8(2)6-15(7-11(16)17)12(18)13-5-10-4-9(3)14-19-10/h4,8H,5-7H2,1-3H3,(H,13,18)(H,16,17). The predicted molar refractivity (Wildman–Crippen MR) is 67.5 cm³/mol. The SMILES string of the molecule is Cc1cc(CNC(=O)N(CC(=O)O)CC(C)C)on1. The maximum absolute atomic E-state index is 11.9. The van der Waals surface area contributed by atoms with Crippen LogP contribution in [0.25, 0.3) is 0 Å². The van der Waals surface area contributed by atoms with E-state index in [9.17, 15) is 9.59 Å². The van der Waals surface area contributed by atoms with E-state index in [4.69, 9.17) is 9.63 Å². The number of aliphatic carboxylic acids is 1. The van der Waals surface area contributed by atoms with Gasteiger partial charge in [0.25, 0.3) is 0 Å². The summed E-state index contributed by atoms with van der Waals surface area (Å²) in [6, 6.07) is 1.29. The second-order valence-electron chi connectivity index (χ2n) is 4.76. The lowest BCUT2D eigenvalue weighted by Gasteiger charge is -2.22. The summed E-state index contributed by atoms with van der Waals surface area (Å²) in [6.07, 6.45) is 0. The molecule has 2 N–H and O–H groups in total. The van der Waals surface area contributed by atoms with Crippen LogP contribution in [0.1, 0.15) is 25.3 Å². The molecule has 1 heterocycles. The Balaban J connectivity index is 2.53. The molecular weight excluding hydrogens is 250 g/mol. The van der Waals surface area contributed by atoms with E-state index in [-0.39, 0.29) is 19.0 Å². The summed E-state index contributed by atoms with van der Waals surface area (Å²) < 4.78 is 4.96. The molecule has 1 rings (SSSR count). The number of hydrogen-bond donors (Lipinski definition) is 2. The summed E-state index contributed by atoms with van der Waals surface area (Å²) in [7, 11) is 0. The molecule has 0 radical (unpaired) electrons. The number of carbonyl (C=O) groups excluding carboxylic acids is 1. The fourth-order valence-electron chi connectivity index (χ4n) is 1.60. The Morgan fingerprint density at radius 1 is 1.53 bits per heavy atom. The van der Waals surface area contributed by atoms with Gasteiger partial charge in [0.15, 0.2) is 5.76 Å². The second kappa shape index (κ2) is 6.77. The largest absolute Gasteiger partial charge is 0.480 e.